The Labute approximate surface area is 129 Å². The minimum atomic E-state index is 0.180. The molecule has 116 valence electrons. The highest BCUT2D eigenvalue weighted by Gasteiger charge is 1.98. The molecule has 0 radical (unpaired) electrons. The molecule has 0 aliphatic carbocycles. The summed E-state index contributed by atoms with van der Waals surface area (Å²) in [7, 11) is 0. The van der Waals surface area contributed by atoms with E-state index in [9.17, 15) is 4.79 Å². The molecule has 0 fully saturated rings. The van der Waals surface area contributed by atoms with E-state index in [1.54, 1.807) is 0 Å². The zero-order valence-corrected chi connectivity index (χ0v) is 13.3. The van der Waals surface area contributed by atoms with Gasteiger partial charge in [0, 0.05) is 13.0 Å². The number of nitrogens with one attached hydrogen (secondary N) is 1. The first-order valence-electron chi connectivity index (χ1n) is 8.28. The van der Waals surface area contributed by atoms with Gasteiger partial charge in [0.2, 0.25) is 5.91 Å². The lowest BCUT2D eigenvalue weighted by Gasteiger charge is -2.02. The third-order valence-electron chi connectivity index (χ3n) is 3.53. The minimum Gasteiger partial charge on any atom is -0.353 e. The summed E-state index contributed by atoms with van der Waals surface area (Å²) >= 11 is 0. The van der Waals surface area contributed by atoms with E-state index in [4.69, 9.17) is 0 Å². The lowest BCUT2D eigenvalue weighted by Crippen LogP contribution is -2.22. The van der Waals surface area contributed by atoms with Crippen LogP contribution in [0.15, 0.2) is 42.5 Å². The summed E-state index contributed by atoms with van der Waals surface area (Å²) in [6.45, 7) is 2.86. The molecule has 0 spiro atoms. The Balaban J connectivity index is 1.97. The van der Waals surface area contributed by atoms with Crippen LogP contribution in [-0.2, 0) is 11.2 Å². The van der Waals surface area contributed by atoms with E-state index < -0.39 is 0 Å². The summed E-state index contributed by atoms with van der Waals surface area (Å²) in [5.74, 6) is 0.180. The molecule has 21 heavy (non-hydrogen) atoms. The summed E-state index contributed by atoms with van der Waals surface area (Å²) in [6.07, 6.45) is 12.9. The number of allylic oxidation sites excluding steroid dienone is 1. The molecule has 1 rings (SSSR count). The monoisotopic (exact) mass is 287 g/mol. The van der Waals surface area contributed by atoms with Gasteiger partial charge in [-0.25, -0.2) is 0 Å². The maximum atomic E-state index is 11.6. The van der Waals surface area contributed by atoms with Crippen LogP contribution in [0.3, 0.4) is 0 Å². The van der Waals surface area contributed by atoms with E-state index in [1.807, 2.05) is 6.07 Å². The van der Waals surface area contributed by atoms with Crippen molar-refractivity contribution in [1.82, 2.24) is 5.32 Å². The zero-order chi connectivity index (χ0) is 15.2. The van der Waals surface area contributed by atoms with Gasteiger partial charge in [-0.1, -0.05) is 75.1 Å². The van der Waals surface area contributed by atoms with Crippen molar-refractivity contribution in [2.75, 3.05) is 6.54 Å². The molecule has 0 aromatic heterocycles. The van der Waals surface area contributed by atoms with Crippen LogP contribution in [-0.4, -0.2) is 12.5 Å². The lowest BCUT2D eigenvalue weighted by atomic mass is 10.1. The van der Waals surface area contributed by atoms with Crippen LogP contribution >= 0.6 is 0 Å². The fraction of sp³-hybridized carbons (Fsp3) is 0.526. The molecule has 2 heteroatoms. The van der Waals surface area contributed by atoms with Crippen LogP contribution in [0, 0.1) is 0 Å². The van der Waals surface area contributed by atoms with Gasteiger partial charge in [-0.2, -0.15) is 0 Å². The summed E-state index contributed by atoms with van der Waals surface area (Å²) < 4.78 is 0. The molecule has 0 aliphatic rings. The second-order valence-corrected chi connectivity index (χ2v) is 5.46. The van der Waals surface area contributed by atoms with Crippen molar-refractivity contribution in [3.05, 3.63) is 48.0 Å². The number of carbonyl (C=O) groups excluding carboxylic acids is 1. The molecular weight excluding hydrogens is 258 g/mol. The normalized spacial score (nSPS) is 10.9. The largest absolute Gasteiger partial charge is 0.353 e. The third kappa shape index (κ3) is 9.89. The van der Waals surface area contributed by atoms with E-state index in [-0.39, 0.29) is 5.91 Å². The SMILES string of the molecule is CCCCCCCC(=O)NC/C=C/CCc1ccccc1. The van der Waals surface area contributed by atoms with Gasteiger partial charge in [0.05, 0.1) is 0 Å². The molecule has 0 aliphatic heterocycles. The molecule has 0 atom stereocenters. The molecule has 0 saturated carbocycles. The highest BCUT2D eigenvalue weighted by Crippen LogP contribution is 2.05. The number of unbranched alkanes of at least 4 members (excludes halogenated alkanes) is 4. The Morgan fingerprint density at radius 3 is 2.57 bits per heavy atom. The number of amides is 1. The average molecular weight is 287 g/mol. The molecule has 2 nitrogen and oxygen atoms in total. The Morgan fingerprint density at radius 1 is 1.05 bits per heavy atom. The Morgan fingerprint density at radius 2 is 1.81 bits per heavy atom. The van der Waals surface area contributed by atoms with Gasteiger partial charge in [-0.3, -0.25) is 4.79 Å². The average Bonchev–Trinajstić information content (AvgIpc) is 2.51. The van der Waals surface area contributed by atoms with Crippen molar-refractivity contribution in [2.45, 2.75) is 58.3 Å². The van der Waals surface area contributed by atoms with Gasteiger partial charge in [-0.15, -0.1) is 0 Å². The second-order valence-electron chi connectivity index (χ2n) is 5.46. The highest BCUT2D eigenvalue weighted by atomic mass is 16.1. The van der Waals surface area contributed by atoms with Gasteiger partial charge >= 0.3 is 0 Å². The van der Waals surface area contributed by atoms with Gasteiger partial charge in [0.25, 0.3) is 0 Å². The molecular formula is C19H29NO. The summed E-state index contributed by atoms with van der Waals surface area (Å²) in [5, 5.41) is 2.95. The highest BCUT2D eigenvalue weighted by molar-refractivity contribution is 5.75. The lowest BCUT2D eigenvalue weighted by molar-refractivity contribution is -0.121. The van der Waals surface area contributed by atoms with Crippen molar-refractivity contribution in [2.24, 2.45) is 0 Å². The molecule has 0 saturated heterocycles. The summed E-state index contributed by atoms with van der Waals surface area (Å²) in [4.78, 5) is 11.6. The number of rotatable bonds is 11. The maximum Gasteiger partial charge on any atom is 0.220 e. The maximum absolute atomic E-state index is 11.6. The van der Waals surface area contributed by atoms with Gasteiger partial charge in [0.1, 0.15) is 0 Å². The predicted molar refractivity (Wildman–Crippen MR) is 90.3 cm³/mol. The minimum absolute atomic E-state index is 0.180. The van der Waals surface area contributed by atoms with E-state index in [0.717, 1.165) is 19.3 Å². The Kier molecular flexibility index (Phi) is 10.1. The van der Waals surface area contributed by atoms with Gasteiger partial charge < -0.3 is 5.32 Å². The number of carbonyl (C=O) groups is 1. The third-order valence-corrected chi connectivity index (χ3v) is 3.53. The molecule has 0 unspecified atom stereocenters. The first kappa shape index (κ1) is 17.5. The van der Waals surface area contributed by atoms with Crippen molar-refractivity contribution in [1.29, 1.82) is 0 Å². The number of benzene rings is 1. The smallest absolute Gasteiger partial charge is 0.220 e. The van der Waals surface area contributed by atoms with Gasteiger partial charge in [0.15, 0.2) is 0 Å². The van der Waals surface area contributed by atoms with Crippen molar-refractivity contribution < 1.29 is 4.79 Å². The molecule has 0 heterocycles. The van der Waals surface area contributed by atoms with Crippen LogP contribution in [0.1, 0.15) is 57.4 Å². The van der Waals surface area contributed by atoms with Crippen molar-refractivity contribution in [3.8, 4) is 0 Å². The molecule has 1 aromatic carbocycles. The van der Waals surface area contributed by atoms with Crippen LogP contribution in [0.5, 0.6) is 0 Å². The Bertz CT molecular complexity index is 397. The van der Waals surface area contributed by atoms with Crippen LogP contribution in [0.25, 0.3) is 0 Å². The van der Waals surface area contributed by atoms with E-state index in [2.05, 4.69) is 48.7 Å². The quantitative estimate of drug-likeness (QED) is 0.466. The molecule has 1 N–H and O–H groups in total. The van der Waals surface area contributed by atoms with Crippen LogP contribution in [0.4, 0.5) is 0 Å². The fourth-order valence-electron chi connectivity index (χ4n) is 2.25. The summed E-state index contributed by atoms with van der Waals surface area (Å²) in [6, 6.07) is 10.5. The number of hydrogen-bond donors (Lipinski definition) is 1. The number of aryl methyl sites for hydroxylation is 1. The number of hydrogen-bond acceptors (Lipinski definition) is 1. The summed E-state index contributed by atoms with van der Waals surface area (Å²) in [5.41, 5.74) is 1.36. The molecule has 1 amide bonds. The zero-order valence-electron chi connectivity index (χ0n) is 13.3. The topological polar surface area (TPSA) is 29.1 Å². The van der Waals surface area contributed by atoms with Crippen LogP contribution < -0.4 is 5.32 Å². The van der Waals surface area contributed by atoms with E-state index >= 15 is 0 Å². The fourth-order valence-corrected chi connectivity index (χ4v) is 2.25. The van der Waals surface area contributed by atoms with E-state index in [0.29, 0.717) is 13.0 Å². The van der Waals surface area contributed by atoms with Crippen LogP contribution in [0.2, 0.25) is 0 Å². The second kappa shape index (κ2) is 12.2. The molecule has 0 bridgehead atoms. The van der Waals surface area contributed by atoms with Gasteiger partial charge in [-0.05, 0) is 24.8 Å². The van der Waals surface area contributed by atoms with E-state index in [1.165, 1.54) is 31.2 Å². The first-order valence-corrected chi connectivity index (χ1v) is 8.28. The van der Waals surface area contributed by atoms with Crippen molar-refractivity contribution in [3.63, 3.8) is 0 Å². The standard InChI is InChI=1S/C19H29NO/c1-2-3-4-5-11-16-19(21)20-17-12-7-10-15-18-13-8-6-9-14-18/h6-9,12-14H,2-5,10-11,15-17H2,1H3,(H,20,21)/b12-7+. The first-order chi connectivity index (χ1) is 10.3. The van der Waals surface area contributed by atoms with Crippen molar-refractivity contribution >= 4 is 5.91 Å². The molecule has 1 aromatic rings. The predicted octanol–water partition coefficient (Wildman–Crippen LogP) is 4.65. The Hall–Kier alpha value is -1.57.